The molecule has 8 nitrogen and oxygen atoms in total. The number of hydrogen-bond acceptors (Lipinski definition) is 7. The van der Waals surface area contributed by atoms with Crippen molar-refractivity contribution in [2.75, 3.05) is 11.1 Å². The molecule has 0 radical (unpaired) electrons. The molecule has 0 aliphatic heterocycles. The Morgan fingerprint density at radius 3 is 2.44 bits per heavy atom. The van der Waals surface area contributed by atoms with Crippen molar-refractivity contribution in [2.24, 2.45) is 0 Å². The van der Waals surface area contributed by atoms with Crippen LogP contribution in [0.15, 0.2) is 73.1 Å². The van der Waals surface area contributed by atoms with E-state index in [1.54, 1.807) is 6.07 Å². The van der Waals surface area contributed by atoms with E-state index in [1.807, 2.05) is 54.6 Å². The molecule has 1 fully saturated rings. The number of nitriles is 1. The highest BCUT2D eigenvalue weighted by molar-refractivity contribution is 5.96. The molecule has 160 valence electrons. The highest BCUT2D eigenvalue weighted by Gasteiger charge is 2.31. The standard InChI is InChI=1S/C24H22N6O2/c1-15(13-25)24(31)30-18-11-17(12-18)29-23-21(22(26)27-14-28-23)16-7-9-20(10-8-16)32-19-5-3-2-4-6-19/h2-10,14,17-18H,1,11-12H2,(H,30,31)(H3,26,27,28,29). The van der Waals surface area contributed by atoms with Gasteiger partial charge in [-0.25, -0.2) is 9.97 Å². The summed E-state index contributed by atoms with van der Waals surface area (Å²) in [5, 5.41) is 14.9. The number of rotatable bonds is 7. The van der Waals surface area contributed by atoms with Gasteiger partial charge in [0.05, 0.1) is 5.56 Å². The van der Waals surface area contributed by atoms with E-state index in [9.17, 15) is 4.79 Å². The van der Waals surface area contributed by atoms with Crippen molar-refractivity contribution in [2.45, 2.75) is 24.9 Å². The van der Waals surface area contributed by atoms with Crippen LogP contribution in [-0.2, 0) is 4.79 Å². The molecule has 1 aromatic heterocycles. The van der Waals surface area contributed by atoms with Crippen molar-refractivity contribution in [3.63, 3.8) is 0 Å². The van der Waals surface area contributed by atoms with Crippen LogP contribution in [-0.4, -0.2) is 28.0 Å². The summed E-state index contributed by atoms with van der Waals surface area (Å²) in [4.78, 5) is 20.3. The van der Waals surface area contributed by atoms with Crippen LogP contribution in [0.25, 0.3) is 11.1 Å². The molecule has 1 saturated carbocycles. The molecule has 0 bridgehead atoms. The highest BCUT2D eigenvalue weighted by Crippen LogP contribution is 2.34. The average molecular weight is 426 g/mol. The summed E-state index contributed by atoms with van der Waals surface area (Å²) in [7, 11) is 0. The van der Waals surface area contributed by atoms with Gasteiger partial charge in [0.15, 0.2) is 0 Å². The Morgan fingerprint density at radius 2 is 1.75 bits per heavy atom. The summed E-state index contributed by atoms with van der Waals surface area (Å²) in [5.41, 5.74) is 7.66. The number of nitrogens with one attached hydrogen (secondary N) is 2. The zero-order valence-corrected chi connectivity index (χ0v) is 17.3. The van der Waals surface area contributed by atoms with Crippen LogP contribution in [0.1, 0.15) is 12.8 Å². The monoisotopic (exact) mass is 426 g/mol. The molecule has 0 spiro atoms. The molecule has 32 heavy (non-hydrogen) atoms. The second kappa shape index (κ2) is 9.18. The van der Waals surface area contributed by atoms with E-state index in [1.165, 1.54) is 6.33 Å². The maximum Gasteiger partial charge on any atom is 0.261 e. The molecule has 3 aromatic rings. The van der Waals surface area contributed by atoms with E-state index in [0.717, 1.165) is 11.3 Å². The third-order valence-electron chi connectivity index (χ3n) is 5.22. The van der Waals surface area contributed by atoms with Crippen LogP contribution in [0.4, 0.5) is 11.6 Å². The SMILES string of the molecule is C=C(C#N)C(=O)NC1CC(Nc2ncnc(N)c2-c2ccc(Oc3ccccc3)cc2)C1. The normalized spacial score (nSPS) is 16.8. The topological polar surface area (TPSA) is 126 Å². The number of carbonyl (C=O) groups excluding carboxylic acids is 1. The molecule has 4 N–H and O–H groups in total. The van der Waals surface area contributed by atoms with E-state index in [0.29, 0.717) is 35.8 Å². The lowest BCUT2D eigenvalue weighted by Crippen LogP contribution is -2.50. The first-order valence-electron chi connectivity index (χ1n) is 10.1. The molecule has 2 aromatic carbocycles. The minimum absolute atomic E-state index is 0.0119. The quantitative estimate of drug-likeness (QED) is 0.389. The van der Waals surface area contributed by atoms with Gasteiger partial charge in [0.2, 0.25) is 0 Å². The van der Waals surface area contributed by atoms with Gasteiger partial charge >= 0.3 is 0 Å². The van der Waals surface area contributed by atoms with Crippen molar-refractivity contribution >= 4 is 17.5 Å². The van der Waals surface area contributed by atoms with Crippen LogP contribution in [0.3, 0.4) is 0 Å². The van der Waals surface area contributed by atoms with Gasteiger partial charge in [0, 0.05) is 12.1 Å². The molecule has 1 heterocycles. The first kappa shape index (κ1) is 20.9. The Morgan fingerprint density at radius 1 is 1.06 bits per heavy atom. The maximum absolute atomic E-state index is 11.8. The van der Waals surface area contributed by atoms with E-state index in [-0.39, 0.29) is 17.7 Å². The van der Waals surface area contributed by atoms with E-state index in [2.05, 4.69) is 27.2 Å². The Kier molecular flexibility index (Phi) is 5.99. The lowest BCUT2D eigenvalue weighted by Gasteiger charge is -2.36. The van der Waals surface area contributed by atoms with Crippen LogP contribution in [0, 0.1) is 11.3 Å². The van der Waals surface area contributed by atoms with Gasteiger partial charge in [-0.05, 0) is 42.7 Å². The first-order valence-corrected chi connectivity index (χ1v) is 10.1. The molecular weight excluding hydrogens is 404 g/mol. The number of benzene rings is 2. The smallest absolute Gasteiger partial charge is 0.261 e. The van der Waals surface area contributed by atoms with Gasteiger partial charge in [-0.15, -0.1) is 0 Å². The first-order chi connectivity index (χ1) is 15.5. The minimum atomic E-state index is -0.430. The zero-order valence-electron chi connectivity index (χ0n) is 17.3. The molecule has 0 atom stereocenters. The molecule has 1 aliphatic carbocycles. The zero-order chi connectivity index (χ0) is 22.5. The van der Waals surface area contributed by atoms with Gasteiger partial charge in [-0.2, -0.15) is 5.26 Å². The Labute approximate surface area is 185 Å². The second-order valence-electron chi connectivity index (χ2n) is 7.50. The van der Waals surface area contributed by atoms with E-state index >= 15 is 0 Å². The molecule has 1 aliphatic rings. The number of hydrogen-bond donors (Lipinski definition) is 3. The fourth-order valence-electron chi connectivity index (χ4n) is 3.48. The number of nitrogens with two attached hydrogens (primary N) is 1. The largest absolute Gasteiger partial charge is 0.457 e. The maximum atomic E-state index is 11.8. The minimum Gasteiger partial charge on any atom is -0.457 e. The predicted octanol–water partition coefficient (Wildman–Crippen LogP) is 3.66. The average Bonchev–Trinajstić information content (AvgIpc) is 2.78. The Hall–Kier alpha value is -4.38. The van der Waals surface area contributed by atoms with Crippen LogP contribution in [0.2, 0.25) is 0 Å². The fourth-order valence-corrected chi connectivity index (χ4v) is 3.48. The van der Waals surface area contributed by atoms with Gasteiger partial charge < -0.3 is 21.1 Å². The van der Waals surface area contributed by atoms with Crippen molar-refractivity contribution in [3.8, 4) is 28.7 Å². The molecule has 0 saturated heterocycles. The fraction of sp³-hybridized carbons (Fsp3) is 0.167. The van der Waals surface area contributed by atoms with Crippen molar-refractivity contribution < 1.29 is 9.53 Å². The predicted molar refractivity (Wildman–Crippen MR) is 122 cm³/mol. The van der Waals surface area contributed by atoms with Crippen molar-refractivity contribution in [3.05, 3.63) is 73.1 Å². The number of anilines is 2. The number of ether oxygens (including phenoxy) is 1. The summed E-state index contributed by atoms with van der Waals surface area (Å²) >= 11 is 0. The molecule has 1 amide bonds. The van der Waals surface area contributed by atoms with Gasteiger partial charge in [0.25, 0.3) is 5.91 Å². The Bertz CT molecular complexity index is 1170. The van der Waals surface area contributed by atoms with E-state index in [4.69, 9.17) is 15.7 Å². The highest BCUT2D eigenvalue weighted by atomic mass is 16.5. The molecule has 0 unspecified atom stereocenters. The lowest BCUT2D eigenvalue weighted by molar-refractivity contribution is -0.118. The summed E-state index contributed by atoms with van der Waals surface area (Å²) in [5.74, 6) is 2.04. The third kappa shape index (κ3) is 4.68. The van der Waals surface area contributed by atoms with E-state index < -0.39 is 5.91 Å². The number of amides is 1. The summed E-state index contributed by atoms with van der Waals surface area (Å²) in [6.45, 7) is 3.43. The van der Waals surface area contributed by atoms with Gasteiger partial charge in [-0.1, -0.05) is 36.9 Å². The van der Waals surface area contributed by atoms with Crippen molar-refractivity contribution in [1.29, 1.82) is 5.26 Å². The summed E-state index contributed by atoms with van der Waals surface area (Å²) in [6.07, 6.45) is 2.83. The second-order valence-corrected chi connectivity index (χ2v) is 7.50. The van der Waals surface area contributed by atoms with Gasteiger partial charge in [-0.3, -0.25) is 4.79 Å². The third-order valence-corrected chi connectivity index (χ3v) is 5.22. The number of nitrogen functional groups attached to an aromatic ring is 1. The number of aromatic nitrogens is 2. The lowest BCUT2D eigenvalue weighted by atomic mass is 9.86. The van der Waals surface area contributed by atoms with Gasteiger partial charge in [0.1, 0.15) is 41.1 Å². The number of para-hydroxylation sites is 1. The van der Waals surface area contributed by atoms with Crippen LogP contribution < -0.4 is 21.1 Å². The van der Waals surface area contributed by atoms with Crippen LogP contribution in [0.5, 0.6) is 11.5 Å². The van der Waals surface area contributed by atoms with Crippen molar-refractivity contribution in [1.82, 2.24) is 15.3 Å². The molecule has 8 heteroatoms. The summed E-state index contributed by atoms with van der Waals surface area (Å²) in [6, 6.07) is 19.0. The molecular formula is C24H22N6O2. The number of nitrogens with zero attached hydrogens (tertiary/aromatic N) is 3. The molecule has 4 rings (SSSR count). The Balaban J connectivity index is 1.43. The summed E-state index contributed by atoms with van der Waals surface area (Å²) < 4.78 is 5.85. The van der Waals surface area contributed by atoms with Crippen LogP contribution >= 0.6 is 0 Å². The number of carbonyl (C=O) groups is 1.